The maximum atomic E-state index is 11.6. The van der Waals surface area contributed by atoms with Crippen molar-refractivity contribution in [3.8, 4) is 0 Å². The molecule has 1 aromatic heterocycles. The van der Waals surface area contributed by atoms with E-state index in [2.05, 4.69) is 16.5 Å². The first kappa shape index (κ1) is 12.2. The number of carboxylic acids is 1. The number of aryl methyl sites for hydroxylation is 2. The average Bonchev–Trinajstić information content (AvgIpc) is 2.64. The molecule has 1 saturated carbocycles. The molecule has 1 fully saturated rings. The molecule has 0 unspecified atom stereocenters. The van der Waals surface area contributed by atoms with Crippen LogP contribution in [0.15, 0.2) is 18.2 Å². The minimum atomic E-state index is -0.698. The van der Waals surface area contributed by atoms with Gasteiger partial charge in [0.05, 0.1) is 16.4 Å². The van der Waals surface area contributed by atoms with Gasteiger partial charge in [-0.3, -0.25) is 4.79 Å². The van der Waals surface area contributed by atoms with E-state index < -0.39 is 11.4 Å². The van der Waals surface area contributed by atoms with Crippen molar-refractivity contribution in [1.29, 1.82) is 0 Å². The molecule has 2 aromatic rings. The Hall–Kier alpha value is -1.84. The lowest BCUT2D eigenvalue weighted by atomic mass is 9.64. The molecule has 1 aromatic carbocycles. The standard InChI is InChI=1S/C15H18N2O2/c1-3-13-16-11-6-5-10(9-12(11)17(13)2)15(14(18)19)7-4-8-15/h5-6,9H,3-4,7-8H2,1-2H3,(H,18,19). The number of fused-ring (bicyclic) bond motifs is 1. The normalized spacial score (nSPS) is 17.4. The summed E-state index contributed by atoms with van der Waals surface area (Å²) < 4.78 is 2.06. The van der Waals surface area contributed by atoms with E-state index in [1.165, 1.54) is 0 Å². The number of carbonyl (C=O) groups is 1. The lowest BCUT2D eigenvalue weighted by Crippen LogP contribution is -2.42. The Kier molecular flexibility index (Phi) is 2.62. The van der Waals surface area contributed by atoms with Crippen molar-refractivity contribution in [2.24, 2.45) is 7.05 Å². The number of hydrogen-bond acceptors (Lipinski definition) is 2. The van der Waals surface area contributed by atoms with Crippen molar-refractivity contribution in [2.75, 3.05) is 0 Å². The smallest absolute Gasteiger partial charge is 0.314 e. The number of nitrogens with zero attached hydrogens (tertiary/aromatic N) is 2. The summed E-state index contributed by atoms with van der Waals surface area (Å²) >= 11 is 0. The fraction of sp³-hybridized carbons (Fsp3) is 0.467. The Morgan fingerprint density at radius 2 is 2.21 bits per heavy atom. The third kappa shape index (κ3) is 1.59. The zero-order valence-corrected chi connectivity index (χ0v) is 11.3. The topological polar surface area (TPSA) is 55.1 Å². The van der Waals surface area contributed by atoms with Gasteiger partial charge in [0.15, 0.2) is 0 Å². The van der Waals surface area contributed by atoms with Crippen molar-refractivity contribution < 1.29 is 9.90 Å². The summed E-state index contributed by atoms with van der Waals surface area (Å²) in [5.74, 6) is 0.334. The molecule has 0 saturated heterocycles. The predicted molar refractivity (Wildman–Crippen MR) is 73.3 cm³/mol. The molecular formula is C15H18N2O2. The maximum absolute atomic E-state index is 11.6. The SMILES string of the molecule is CCc1nc2ccc(C3(C(=O)O)CCC3)cc2n1C. The van der Waals surface area contributed by atoms with Crippen molar-refractivity contribution in [3.63, 3.8) is 0 Å². The molecule has 0 bridgehead atoms. The van der Waals surface area contributed by atoms with Gasteiger partial charge in [0.1, 0.15) is 5.82 Å². The largest absolute Gasteiger partial charge is 0.481 e. The molecule has 0 spiro atoms. The van der Waals surface area contributed by atoms with Crippen LogP contribution in [0.1, 0.15) is 37.6 Å². The predicted octanol–water partition coefficient (Wildman–Crippen LogP) is 2.64. The van der Waals surface area contributed by atoms with Gasteiger partial charge in [-0.05, 0) is 30.5 Å². The summed E-state index contributed by atoms with van der Waals surface area (Å²) in [6.45, 7) is 2.08. The van der Waals surface area contributed by atoms with E-state index in [0.717, 1.165) is 48.1 Å². The molecule has 1 N–H and O–H groups in total. The van der Waals surface area contributed by atoms with Gasteiger partial charge in [0.2, 0.25) is 0 Å². The molecule has 0 atom stereocenters. The minimum absolute atomic E-state index is 0.662. The van der Waals surface area contributed by atoms with Crippen LogP contribution in [0.2, 0.25) is 0 Å². The summed E-state index contributed by atoms with van der Waals surface area (Å²) in [6.07, 6.45) is 3.36. The molecule has 0 aliphatic heterocycles. The number of aromatic nitrogens is 2. The van der Waals surface area contributed by atoms with Crippen LogP contribution < -0.4 is 0 Å². The van der Waals surface area contributed by atoms with E-state index in [1.54, 1.807) is 0 Å². The van der Waals surface area contributed by atoms with Crippen molar-refractivity contribution >= 4 is 17.0 Å². The first-order valence-electron chi connectivity index (χ1n) is 6.78. The van der Waals surface area contributed by atoms with Crippen LogP contribution in [0.4, 0.5) is 0 Å². The highest BCUT2D eigenvalue weighted by Gasteiger charge is 2.46. The Bertz CT molecular complexity index is 653. The van der Waals surface area contributed by atoms with Gasteiger partial charge in [-0.25, -0.2) is 4.98 Å². The third-order valence-corrected chi connectivity index (χ3v) is 4.46. The van der Waals surface area contributed by atoms with E-state index >= 15 is 0 Å². The average molecular weight is 258 g/mol. The van der Waals surface area contributed by atoms with Gasteiger partial charge < -0.3 is 9.67 Å². The number of carboxylic acid groups (broad SMARTS) is 1. The first-order valence-corrected chi connectivity index (χ1v) is 6.78. The van der Waals surface area contributed by atoms with Gasteiger partial charge in [-0.15, -0.1) is 0 Å². The number of hydrogen-bond donors (Lipinski definition) is 1. The Morgan fingerprint density at radius 1 is 1.47 bits per heavy atom. The highest BCUT2D eigenvalue weighted by Crippen LogP contribution is 2.44. The summed E-state index contributed by atoms with van der Waals surface area (Å²) in [4.78, 5) is 16.1. The molecule has 4 heteroatoms. The lowest BCUT2D eigenvalue weighted by Gasteiger charge is -2.38. The molecular weight excluding hydrogens is 240 g/mol. The van der Waals surface area contributed by atoms with E-state index in [4.69, 9.17) is 0 Å². The van der Waals surface area contributed by atoms with Crippen LogP contribution in [-0.4, -0.2) is 20.6 Å². The van der Waals surface area contributed by atoms with E-state index in [-0.39, 0.29) is 0 Å². The van der Waals surface area contributed by atoms with E-state index in [9.17, 15) is 9.90 Å². The second kappa shape index (κ2) is 4.08. The quantitative estimate of drug-likeness (QED) is 0.920. The molecule has 1 aliphatic rings. The molecule has 3 rings (SSSR count). The summed E-state index contributed by atoms with van der Waals surface area (Å²) in [7, 11) is 1.99. The van der Waals surface area contributed by atoms with Crippen LogP contribution >= 0.6 is 0 Å². The van der Waals surface area contributed by atoms with Gasteiger partial charge in [0, 0.05) is 13.5 Å². The Labute approximate surface area is 112 Å². The van der Waals surface area contributed by atoms with Crippen LogP contribution in [-0.2, 0) is 23.7 Å². The zero-order chi connectivity index (χ0) is 13.6. The first-order chi connectivity index (χ1) is 9.08. The van der Waals surface area contributed by atoms with E-state index in [1.807, 2.05) is 25.2 Å². The molecule has 19 heavy (non-hydrogen) atoms. The Morgan fingerprint density at radius 3 is 2.74 bits per heavy atom. The van der Waals surface area contributed by atoms with Gasteiger partial charge in [-0.1, -0.05) is 19.4 Å². The van der Waals surface area contributed by atoms with Crippen molar-refractivity contribution in [2.45, 2.75) is 38.0 Å². The number of benzene rings is 1. The summed E-state index contributed by atoms with van der Waals surface area (Å²) in [6, 6.07) is 5.89. The molecule has 0 amide bonds. The monoisotopic (exact) mass is 258 g/mol. The number of rotatable bonds is 3. The molecule has 1 aliphatic carbocycles. The maximum Gasteiger partial charge on any atom is 0.314 e. The van der Waals surface area contributed by atoms with Crippen molar-refractivity contribution in [1.82, 2.24) is 9.55 Å². The molecule has 4 nitrogen and oxygen atoms in total. The minimum Gasteiger partial charge on any atom is -0.481 e. The highest BCUT2D eigenvalue weighted by molar-refractivity contribution is 5.85. The summed E-state index contributed by atoms with van der Waals surface area (Å²) in [5.41, 5.74) is 2.24. The van der Waals surface area contributed by atoms with Gasteiger partial charge in [0.25, 0.3) is 0 Å². The third-order valence-electron chi connectivity index (χ3n) is 4.46. The van der Waals surface area contributed by atoms with Crippen LogP contribution in [0.25, 0.3) is 11.0 Å². The van der Waals surface area contributed by atoms with Crippen LogP contribution in [0.5, 0.6) is 0 Å². The second-order valence-electron chi connectivity index (χ2n) is 5.38. The second-order valence-corrected chi connectivity index (χ2v) is 5.38. The Balaban J connectivity index is 2.16. The van der Waals surface area contributed by atoms with Gasteiger partial charge in [-0.2, -0.15) is 0 Å². The molecule has 1 heterocycles. The molecule has 100 valence electrons. The number of imidazole rings is 1. The van der Waals surface area contributed by atoms with Crippen LogP contribution in [0, 0.1) is 0 Å². The number of aliphatic carboxylic acids is 1. The van der Waals surface area contributed by atoms with Crippen LogP contribution in [0.3, 0.4) is 0 Å². The highest BCUT2D eigenvalue weighted by atomic mass is 16.4. The fourth-order valence-corrected chi connectivity index (χ4v) is 3.01. The lowest BCUT2D eigenvalue weighted by molar-refractivity contribution is -0.147. The van der Waals surface area contributed by atoms with E-state index in [0.29, 0.717) is 0 Å². The fourth-order valence-electron chi connectivity index (χ4n) is 3.01. The van der Waals surface area contributed by atoms with Crippen molar-refractivity contribution in [3.05, 3.63) is 29.6 Å². The summed E-state index contributed by atoms with van der Waals surface area (Å²) in [5, 5.41) is 9.51. The zero-order valence-electron chi connectivity index (χ0n) is 11.3. The molecule has 0 radical (unpaired) electrons. The van der Waals surface area contributed by atoms with Gasteiger partial charge >= 0.3 is 5.97 Å².